The Morgan fingerprint density at radius 1 is 0.840 bits per heavy atom. The lowest BCUT2D eigenvalue weighted by molar-refractivity contribution is -0.156. The Hall–Kier alpha value is -6.55. The first-order valence-corrected chi connectivity index (χ1v) is 29.5. The van der Waals surface area contributed by atoms with Gasteiger partial charge in [0.2, 0.25) is 35.4 Å². The van der Waals surface area contributed by atoms with E-state index in [4.69, 9.17) is 14.2 Å². The van der Waals surface area contributed by atoms with Crippen molar-refractivity contribution in [3.63, 3.8) is 0 Å². The number of Topliss-reactive ketones (excluding diaryl/α,β-unsaturated/α-hetero) is 1. The van der Waals surface area contributed by atoms with E-state index in [0.29, 0.717) is 68.3 Å². The molecule has 0 saturated carbocycles. The van der Waals surface area contributed by atoms with Gasteiger partial charge in [-0.1, -0.05) is 96.8 Å². The third kappa shape index (κ3) is 18.7. The van der Waals surface area contributed by atoms with E-state index in [9.17, 15) is 53.1 Å². The van der Waals surface area contributed by atoms with Gasteiger partial charge in [0.05, 0.1) is 48.4 Å². The van der Waals surface area contributed by atoms with Gasteiger partial charge in [0, 0.05) is 45.7 Å². The number of ether oxygens (including phenoxy) is 3. The summed E-state index contributed by atoms with van der Waals surface area (Å²) >= 11 is 1.38. The molecule has 2 heterocycles. The number of nitrogens with zero attached hydrogens (tertiary/aromatic N) is 4. The highest BCUT2D eigenvalue weighted by Gasteiger charge is 2.45. The Morgan fingerprint density at radius 2 is 1.51 bits per heavy atom. The number of ketones is 1. The Labute approximate surface area is 481 Å². The second-order valence-electron chi connectivity index (χ2n) is 22.0. The van der Waals surface area contributed by atoms with Crippen molar-refractivity contribution < 1.29 is 67.3 Å². The molecule has 22 heteroatoms. The number of rotatable bonds is 34. The fourth-order valence-corrected chi connectivity index (χ4v) is 11.3. The number of benzene rings is 2. The van der Waals surface area contributed by atoms with Crippen LogP contribution in [0.4, 0.5) is 10.5 Å². The molecule has 0 bridgehead atoms. The molecule has 0 aromatic heterocycles. The van der Waals surface area contributed by atoms with Gasteiger partial charge in [-0.3, -0.25) is 53.0 Å². The number of unbranched alkanes of at least 4 members (excludes halogenated alkanes) is 2. The van der Waals surface area contributed by atoms with Gasteiger partial charge in [0.15, 0.2) is 5.78 Å². The quantitative estimate of drug-likeness (QED) is 0.0285. The molecule has 4 N–H and O–H groups in total. The second-order valence-corrected chi connectivity index (χ2v) is 23.1. The van der Waals surface area contributed by atoms with Crippen molar-refractivity contribution in [3.8, 4) is 0 Å². The molecule has 11 atom stereocenters. The number of likely N-dealkylation sites (tertiary alicyclic amines) is 2. The second kappa shape index (κ2) is 32.8. The van der Waals surface area contributed by atoms with Crippen LogP contribution in [0.2, 0.25) is 0 Å². The summed E-state index contributed by atoms with van der Waals surface area (Å²) in [4.78, 5) is 137. The number of thioether (sulfide) groups is 1. The van der Waals surface area contributed by atoms with E-state index in [1.165, 1.54) is 45.5 Å². The summed E-state index contributed by atoms with van der Waals surface area (Å²) in [6.45, 7) is 15.1. The Balaban J connectivity index is 1.35. The molecule has 4 rings (SSSR count). The molecular formula is C59H87N7O14S. The van der Waals surface area contributed by atoms with E-state index in [2.05, 4.69) is 16.0 Å². The van der Waals surface area contributed by atoms with Crippen molar-refractivity contribution in [1.82, 2.24) is 30.2 Å². The van der Waals surface area contributed by atoms with Crippen LogP contribution in [0.1, 0.15) is 130 Å². The van der Waals surface area contributed by atoms with Crippen molar-refractivity contribution >= 4 is 77.7 Å². The number of amides is 7. The van der Waals surface area contributed by atoms with Crippen LogP contribution >= 0.6 is 11.8 Å². The lowest BCUT2D eigenvalue weighted by Gasteiger charge is -2.40. The number of carbonyl (C=O) groups excluding carboxylic acids is 10. The fraction of sp³-hybridized carbons (Fsp3) is 0.627. The van der Waals surface area contributed by atoms with Crippen LogP contribution < -0.4 is 16.0 Å². The first-order chi connectivity index (χ1) is 38.5. The predicted molar refractivity (Wildman–Crippen MR) is 306 cm³/mol. The highest BCUT2D eigenvalue weighted by Crippen LogP contribution is 2.31. The molecule has 1 unspecified atom stereocenters. The van der Waals surface area contributed by atoms with Crippen LogP contribution in [0.15, 0.2) is 54.6 Å². The summed E-state index contributed by atoms with van der Waals surface area (Å²) in [5, 5.41) is 19.4. The number of hydrogen-bond acceptors (Lipinski definition) is 16. The molecule has 0 aliphatic carbocycles. The number of imide groups is 1. The van der Waals surface area contributed by atoms with E-state index in [1.54, 1.807) is 90.1 Å². The maximum Gasteiger partial charge on any atom is 0.410 e. The Morgan fingerprint density at radius 3 is 2.10 bits per heavy atom. The standard InChI is InChI=1S/C59H87N7O14S/c1-12-38(6)52(46(79-34-67)30-48(70)65-29-19-23-45(65)54(80-35-68)39(7)55(73)61-40(8)53(72)42-20-15-13-16-21-42)63(9)58(76)50(36(2)3)62-56(74)51(37(4)5)64(10)59(77)78-33-41-24-26-43(27-25-41)60-32-44(69)22-17-14-18-28-66-49(71)31-47(81-11)57(66)75/h13,15-16,20-21,24-27,34-40,45-47,50-54,60,72H,12,14,17-19,22-23,28-33H2,1-11H3,(H,61,73)(H,62,74)/t38-,39+,40+,45-,46+,47?,50-,51-,52-,53+,54+/m0/s1. The molecule has 2 aliphatic rings. The maximum absolute atomic E-state index is 14.7. The summed E-state index contributed by atoms with van der Waals surface area (Å²) in [5.74, 6) is -4.54. The highest BCUT2D eigenvalue weighted by atomic mass is 32.2. The average Bonchev–Trinajstić information content (AvgIpc) is 4.05. The molecule has 2 saturated heterocycles. The first kappa shape index (κ1) is 67.0. The summed E-state index contributed by atoms with van der Waals surface area (Å²) in [6, 6.07) is 11.4. The van der Waals surface area contributed by atoms with Crippen molar-refractivity contribution in [2.45, 2.75) is 174 Å². The molecule has 21 nitrogen and oxygen atoms in total. The molecule has 2 fully saturated rings. The van der Waals surface area contributed by atoms with Gasteiger partial charge in [-0.25, -0.2) is 4.79 Å². The van der Waals surface area contributed by atoms with E-state index in [-0.39, 0.29) is 74.2 Å². The average molecular weight is 1150 g/mol. The molecule has 0 radical (unpaired) electrons. The number of aliphatic hydroxyl groups excluding tert-OH is 1. The number of nitrogens with one attached hydrogen (secondary N) is 3. The van der Waals surface area contributed by atoms with Crippen molar-refractivity contribution in [2.75, 3.05) is 45.3 Å². The van der Waals surface area contributed by atoms with Gasteiger partial charge in [0.1, 0.15) is 30.9 Å². The van der Waals surface area contributed by atoms with Gasteiger partial charge in [-0.05, 0) is 86.8 Å². The van der Waals surface area contributed by atoms with Gasteiger partial charge >= 0.3 is 6.09 Å². The predicted octanol–water partition coefficient (Wildman–Crippen LogP) is 5.66. The third-order valence-electron chi connectivity index (χ3n) is 15.6. The number of anilines is 1. The Bertz CT molecular complexity index is 2430. The van der Waals surface area contributed by atoms with E-state index < -0.39 is 96.0 Å². The van der Waals surface area contributed by atoms with Crippen molar-refractivity contribution in [2.24, 2.45) is 23.7 Å². The minimum absolute atomic E-state index is 0.0134. The lowest BCUT2D eigenvalue weighted by Crippen LogP contribution is -2.60. The summed E-state index contributed by atoms with van der Waals surface area (Å²) < 4.78 is 16.8. The molecule has 2 aromatic carbocycles. The number of likely N-dealkylation sites (N-methyl/N-ethyl adjacent to an activating group) is 2. The number of aliphatic hydroxyl groups is 1. The molecular weight excluding hydrogens is 1060 g/mol. The lowest BCUT2D eigenvalue weighted by atomic mass is 9.89. The monoisotopic (exact) mass is 1150 g/mol. The normalized spacial score (nSPS) is 18.6. The minimum Gasteiger partial charge on any atom is -0.462 e. The summed E-state index contributed by atoms with van der Waals surface area (Å²) in [6.07, 6.45) is 1.44. The Kier molecular flexibility index (Phi) is 27.1. The van der Waals surface area contributed by atoms with Crippen LogP contribution in [-0.2, 0) is 64.0 Å². The number of carbonyl (C=O) groups is 10. The van der Waals surface area contributed by atoms with Gasteiger partial charge in [-0.2, -0.15) is 11.8 Å². The zero-order chi connectivity index (χ0) is 60.1. The van der Waals surface area contributed by atoms with Gasteiger partial charge in [-0.15, -0.1) is 0 Å². The molecule has 2 aliphatic heterocycles. The van der Waals surface area contributed by atoms with Crippen LogP contribution in [0.3, 0.4) is 0 Å². The smallest absolute Gasteiger partial charge is 0.410 e. The third-order valence-corrected chi connectivity index (χ3v) is 16.5. The maximum atomic E-state index is 14.7. The summed E-state index contributed by atoms with van der Waals surface area (Å²) in [5.41, 5.74) is 1.94. The molecule has 448 valence electrons. The van der Waals surface area contributed by atoms with Crippen LogP contribution in [0.25, 0.3) is 0 Å². The molecule has 2 aromatic rings. The van der Waals surface area contributed by atoms with E-state index >= 15 is 0 Å². The van der Waals surface area contributed by atoms with Crippen LogP contribution in [-0.4, -0.2) is 173 Å². The van der Waals surface area contributed by atoms with Gasteiger partial charge in [0.25, 0.3) is 12.9 Å². The number of hydrogen-bond donors (Lipinski definition) is 4. The zero-order valence-electron chi connectivity index (χ0n) is 49.0. The largest absolute Gasteiger partial charge is 0.462 e. The van der Waals surface area contributed by atoms with E-state index in [0.717, 1.165) is 0 Å². The first-order valence-electron chi connectivity index (χ1n) is 28.2. The SMILES string of the molecule is CC[C@H](C)[C@@H]([C@@H](CC(=O)N1CCC[C@H]1[C@H](OC=O)[C@@H](C)C(=O)N[C@H](C)[C@@H](O)c1ccccc1)OC=O)N(C)C(=O)[C@@H](NC(=O)[C@H](C(C)C)N(C)C(=O)OCc1ccc(NCC(=O)CCCCCN2C(=O)CC(SC)C2=O)cc1)C(C)C. The summed E-state index contributed by atoms with van der Waals surface area (Å²) in [7, 11) is 2.97. The fourth-order valence-electron chi connectivity index (χ4n) is 10.7. The zero-order valence-corrected chi connectivity index (χ0v) is 49.8. The van der Waals surface area contributed by atoms with Gasteiger partial charge < -0.3 is 45.1 Å². The van der Waals surface area contributed by atoms with Crippen LogP contribution in [0.5, 0.6) is 0 Å². The minimum atomic E-state index is -1.16. The molecule has 7 amide bonds. The highest BCUT2D eigenvalue weighted by molar-refractivity contribution is 8.00. The van der Waals surface area contributed by atoms with E-state index in [1.807, 2.05) is 26.2 Å². The molecule has 0 spiro atoms. The molecule has 81 heavy (non-hydrogen) atoms. The van der Waals surface area contributed by atoms with Crippen molar-refractivity contribution in [3.05, 3.63) is 65.7 Å². The topological polar surface area (TPSA) is 268 Å². The van der Waals surface area contributed by atoms with Crippen molar-refractivity contribution in [1.29, 1.82) is 0 Å². The van der Waals surface area contributed by atoms with Crippen LogP contribution in [0, 0.1) is 23.7 Å².